The van der Waals surface area contributed by atoms with Crippen molar-refractivity contribution in [2.45, 2.75) is 89.9 Å². The second-order valence-corrected chi connectivity index (χ2v) is 9.87. The molecule has 4 fully saturated rings. The molecule has 0 heterocycles. The summed E-state index contributed by atoms with van der Waals surface area (Å²) >= 11 is 0. The number of ketones is 1. The summed E-state index contributed by atoms with van der Waals surface area (Å²) in [6, 6.07) is 0. The average Bonchev–Trinajstić information content (AvgIpc) is 2.85. The number of aliphatic hydroxyl groups is 2. The Labute approximate surface area is 155 Å². The van der Waals surface area contributed by atoms with E-state index in [2.05, 4.69) is 13.8 Å². The molecule has 2 N–H and O–H groups in total. The Hall–Kier alpha value is -0.940. The van der Waals surface area contributed by atoms with Gasteiger partial charge in [0, 0.05) is 30.6 Å². The lowest BCUT2D eigenvalue weighted by Crippen LogP contribution is -2.69. The number of aliphatic hydroxyl groups excluding tert-OH is 1. The van der Waals surface area contributed by atoms with Crippen LogP contribution in [0.3, 0.4) is 0 Å². The van der Waals surface area contributed by atoms with E-state index in [1.807, 2.05) is 0 Å². The Kier molecular flexibility index (Phi) is 4.09. The topological polar surface area (TPSA) is 83.8 Å². The van der Waals surface area contributed by atoms with Crippen LogP contribution < -0.4 is 0 Å². The van der Waals surface area contributed by atoms with Gasteiger partial charge < -0.3 is 14.9 Å². The summed E-state index contributed by atoms with van der Waals surface area (Å²) < 4.78 is 5.65. The van der Waals surface area contributed by atoms with E-state index in [1.54, 1.807) is 0 Å². The molecule has 4 rings (SSSR count). The van der Waals surface area contributed by atoms with E-state index < -0.39 is 17.8 Å². The fraction of sp³-hybridized carbons (Fsp3) is 0.905. The molecule has 146 valence electrons. The molecule has 0 spiro atoms. The third kappa shape index (κ3) is 2.29. The molecule has 26 heavy (non-hydrogen) atoms. The minimum atomic E-state index is -1.19. The van der Waals surface area contributed by atoms with Crippen molar-refractivity contribution in [1.29, 1.82) is 0 Å². The van der Waals surface area contributed by atoms with Crippen molar-refractivity contribution >= 4 is 11.8 Å². The van der Waals surface area contributed by atoms with Crippen LogP contribution in [0.5, 0.6) is 0 Å². The summed E-state index contributed by atoms with van der Waals surface area (Å²) in [6.07, 6.45) is 4.54. The van der Waals surface area contributed by atoms with E-state index >= 15 is 0 Å². The zero-order valence-electron chi connectivity index (χ0n) is 16.2. The highest BCUT2D eigenvalue weighted by Gasteiger charge is 2.68. The Balaban J connectivity index is 1.75. The van der Waals surface area contributed by atoms with Gasteiger partial charge in [0.15, 0.2) is 0 Å². The largest absolute Gasteiger partial charge is 0.459 e. The van der Waals surface area contributed by atoms with Gasteiger partial charge in [-0.15, -0.1) is 0 Å². The van der Waals surface area contributed by atoms with Crippen LogP contribution >= 0.6 is 0 Å². The van der Waals surface area contributed by atoms with Crippen LogP contribution in [0.15, 0.2) is 0 Å². The molecule has 0 saturated heterocycles. The summed E-state index contributed by atoms with van der Waals surface area (Å²) in [6.45, 7) is 5.64. The van der Waals surface area contributed by atoms with E-state index in [-0.39, 0.29) is 23.2 Å². The Morgan fingerprint density at radius 3 is 2.58 bits per heavy atom. The molecule has 0 aliphatic heterocycles. The van der Waals surface area contributed by atoms with Gasteiger partial charge >= 0.3 is 5.97 Å². The number of esters is 1. The first-order valence-electron chi connectivity index (χ1n) is 10.2. The summed E-state index contributed by atoms with van der Waals surface area (Å²) in [4.78, 5) is 24.3. The summed E-state index contributed by atoms with van der Waals surface area (Å²) in [5.74, 6) is 0.932. The van der Waals surface area contributed by atoms with Gasteiger partial charge in [0.05, 0.1) is 6.10 Å². The number of rotatable bonds is 1. The third-order valence-corrected chi connectivity index (χ3v) is 8.82. The highest BCUT2D eigenvalue weighted by molar-refractivity contribution is 5.87. The van der Waals surface area contributed by atoms with Gasteiger partial charge in [-0.25, -0.2) is 0 Å². The predicted octanol–water partition coefficient (Wildman–Crippen LogP) is 2.62. The van der Waals surface area contributed by atoms with Gasteiger partial charge in [-0.1, -0.05) is 13.8 Å². The average molecular weight is 364 g/mol. The number of fused-ring (bicyclic) bond motifs is 5. The maximum Gasteiger partial charge on any atom is 0.303 e. The number of hydrogen-bond donors (Lipinski definition) is 2. The fourth-order valence-corrected chi connectivity index (χ4v) is 7.35. The monoisotopic (exact) mass is 364 g/mol. The van der Waals surface area contributed by atoms with Gasteiger partial charge in [-0.05, 0) is 56.3 Å². The molecule has 5 heteroatoms. The van der Waals surface area contributed by atoms with E-state index in [4.69, 9.17) is 4.74 Å². The van der Waals surface area contributed by atoms with Crippen LogP contribution in [0.2, 0.25) is 0 Å². The first kappa shape index (κ1) is 18.4. The molecule has 0 amide bonds. The van der Waals surface area contributed by atoms with Crippen LogP contribution in [-0.2, 0) is 14.3 Å². The Morgan fingerprint density at radius 2 is 1.88 bits per heavy atom. The molecule has 8 atom stereocenters. The van der Waals surface area contributed by atoms with Gasteiger partial charge in [0.2, 0.25) is 0 Å². The van der Waals surface area contributed by atoms with Gasteiger partial charge in [0.1, 0.15) is 17.5 Å². The van der Waals surface area contributed by atoms with E-state index in [1.165, 1.54) is 6.92 Å². The lowest BCUT2D eigenvalue weighted by Gasteiger charge is -2.65. The fourth-order valence-electron chi connectivity index (χ4n) is 7.35. The van der Waals surface area contributed by atoms with Crippen LogP contribution in [0.4, 0.5) is 0 Å². The molecule has 0 aromatic carbocycles. The number of carbonyl (C=O) groups is 2. The molecular weight excluding hydrogens is 332 g/mol. The van der Waals surface area contributed by atoms with Crippen molar-refractivity contribution in [3.05, 3.63) is 0 Å². The zero-order chi connectivity index (χ0) is 18.9. The van der Waals surface area contributed by atoms with Crippen LogP contribution in [0.1, 0.15) is 72.1 Å². The van der Waals surface area contributed by atoms with E-state index in [0.29, 0.717) is 42.8 Å². The van der Waals surface area contributed by atoms with Gasteiger partial charge in [-0.2, -0.15) is 0 Å². The molecule has 0 aromatic heterocycles. The second-order valence-electron chi connectivity index (χ2n) is 9.87. The van der Waals surface area contributed by atoms with Crippen LogP contribution in [0.25, 0.3) is 0 Å². The van der Waals surface area contributed by atoms with E-state index in [0.717, 1.165) is 25.7 Å². The standard InChI is InChI=1S/C21H32O5/c1-12(22)26-18-10-14-15-4-5-17(24)19(15,2)8-7-16(14)20(3)9-6-13(23)11-21(18,20)25/h13-16,18,23,25H,4-11H2,1-3H3/t13-,14-,15+,16+,18-,19-,20-,21+/m1/s1. The van der Waals surface area contributed by atoms with Crippen molar-refractivity contribution < 1.29 is 24.5 Å². The maximum absolute atomic E-state index is 12.6. The van der Waals surface area contributed by atoms with Crippen LogP contribution in [-0.4, -0.2) is 39.8 Å². The number of Topliss-reactive ketones (excluding diaryl/α,β-unsaturated/α-hetero) is 1. The molecular formula is C21H32O5. The first-order valence-corrected chi connectivity index (χ1v) is 10.2. The van der Waals surface area contributed by atoms with Gasteiger partial charge in [0.25, 0.3) is 0 Å². The molecule has 5 nitrogen and oxygen atoms in total. The minimum absolute atomic E-state index is 0.248. The minimum Gasteiger partial charge on any atom is -0.459 e. The van der Waals surface area contributed by atoms with Crippen LogP contribution in [0, 0.1) is 28.6 Å². The molecule has 4 aliphatic carbocycles. The Morgan fingerprint density at radius 1 is 1.15 bits per heavy atom. The van der Waals surface area contributed by atoms with Gasteiger partial charge in [-0.3, -0.25) is 9.59 Å². The van der Waals surface area contributed by atoms with Crippen molar-refractivity contribution in [3.63, 3.8) is 0 Å². The summed E-state index contributed by atoms with van der Waals surface area (Å²) in [7, 11) is 0. The number of carbonyl (C=O) groups excluding carboxylic acids is 2. The summed E-state index contributed by atoms with van der Waals surface area (Å²) in [5, 5.41) is 22.0. The first-order chi connectivity index (χ1) is 12.1. The number of ether oxygens (including phenoxy) is 1. The second kappa shape index (κ2) is 5.78. The molecule has 4 saturated carbocycles. The quantitative estimate of drug-likeness (QED) is 0.699. The molecule has 0 aromatic rings. The van der Waals surface area contributed by atoms with Crippen molar-refractivity contribution in [3.8, 4) is 0 Å². The normalized spacial score (nSPS) is 53.4. The molecule has 0 unspecified atom stereocenters. The summed E-state index contributed by atoms with van der Waals surface area (Å²) in [5.41, 5.74) is -1.82. The van der Waals surface area contributed by atoms with Crippen molar-refractivity contribution in [2.75, 3.05) is 0 Å². The smallest absolute Gasteiger partial charge is 0.303 e. The SMILES string of the molecule is CC(=O)O[C@@H]1C[C@@H]2[C@@H]3CCC(=O)[C@]3(C)CC[C@@H]2[C@@]2(C)CC[C@@H](O)C[C@]12O. The lowest BCUT2D eigenvalue weighted by molar-refractivity contribution is -0.267. The highest BCUT2D eigenvalue weighted by atomic mass is 16.6. The Bertz CT molecular complexity index is 632. The molecule has 0 bridgehead atoms. The maximum atomic E-state index is 12.6. The number of hydrogen-bond acceptors (Lipinski definition) is 5. The lowest BCUT2D eigenvalue weighted by atomic mass is 9.43. The van der Waals surface area contributed by atoms with Crippen molar-refractivity contribution in [2.24, 2.45) is 28.6 Å². The van der Waals surface area contributed by atoms with Crippen molar-refractivity contribution in [1.82, 2.24) is 0 Å². The van der Waals surface area contributed by atoms with E-state index in [9.17, 15) is 19.8 Å². The highest BCUT2D eigenvalue weighted by Crippen LogP contribution is 2.66. The molecule has 4 aliphatic rings. The zero-order valence-corrected chi connectivity index (χ0v) is 16.2. The predicted molar refractivity (Wildman–Crippen MR) is 95.1 cm³/mol. The molecule has 0 radical (unpaired) electrons. The third-order valence-electron chi connectivity index (χ3n) is 8.82.